The van der Waals surface area contributed by atoms with E-state index in [0.717, 1.165) is 16.6 Å². The van der Waals surface area contributed by atoms with Crippen molar-refractivity contribution in [3.8, 4) is 5.75 Å². The fraction of sp³-hybridized carbons (Fsp3) is 0.188. The molecule has 0 amide bonds. The molecule has 98 valence electrons. The summed E-state index contributed by atoms with van der Waals surface area (Å²) in [4.78, 5) is 11.9. The Bertz CT molecular complexity index is 520. The van der Waals surface area contributed by atoms with Crippen LogP contribution < -0.4 is 4.74 Å². The van der Waals surface area contributed by atoms with Crippen LogP contribution in [0, 0.1) is 0 Å². The maximum atomic E-state index is 11.9. The van der Waals surface area contributed by atoms with E-state index in [-0.39, 0.29) is 5.78 Å². The van der Waals surface area contributed by atoms with Gasteiger partial charge in [0, 0.05) is 0 Å². The zero-order valence-electron chi connectivity index (χ0n) is 10.8. The molecule has 0 atom stereocenters. The van der Waals surface area contributed by atoms with E-state index in [1.165, 1.54) is 5.56 Å². The molecule has 0 N–H and O–H groups in total. The summed E-state index contributed by atoms with van der Waals surface area (Å²) < 4.78 is 5.12. The molecule has 0 aliphatic carbocycles. The predicted octanol–water partition coefficient (Wildman–Crippen LogP) is 3.20. The number of carbonyl (C=O) groups excluding carboxylic acids is 1. The maximum absolute atomic E-state index is 11.9. The summed E-state index contributed by atoms with van der Waals surface area (Å²) in [6.07, 6.45) is 0. The van der Waals surface area contributed by atoms with E-state index in [1.54, 1.807) is 7.11 Å². The fourth-order valence-electron chi connectivity index (χ4n) is 1.69. The molecule has 0 heterocycles. The number of hydrogen-bond donors (Lipinski definition) is 0. The molecule has 0 spiro atoms. The number of methoxy groups -OCH3 is 1. The molecule has 0 saturated heterocycles. The van der Waals surface area contributed by atoms with Gasteiger partial charge in [-0.15, -0.1) is 0 Å². The standard InChI is InChI=1S/C16H16O2Se/c1-18-15-9-7-13(8-10-15)11-19-12-16(17)14-5-3-2-4-6-14/h2-10H,11-12H2,1H3. The van der Waals surface area contributed by atoms with Gasteiger partial charge in [0.05, 0.1) is 0 Å². The van der Waals surface area contributed by atoms with Gasteiger partial charge in [0.1, 0.15) is 0 Å². The summed E-state index contributed by atoms with van der Waals surface area (Å²) in [5.74, 6) is 1.12. The number of Topliss-reactive ketones (excluding diaryl/α,β-unsaturated/α-hetero) is 1. The molecule has 0 aromatic heterocycles. The van der Waals surface area contributed by atoms with Gasteiger partial charge in [-0.3, -0.25) is 0 Å². The van der Waals surface area contributed by atoms with Crippen LogP contribution >= 0.6 is 0 Å². The summed E-state index contributed by atoms with van der Waals surface area (Å²) >= 11 is 0.307. The molecule has 2 rings (SSSR count). The number of ketones is 1. The fourth-order valence-corrected chi connectivity index (χ4v) is 3.54. The van der Waals surface area contributed by atoms with Gasteiger partial charge in [0.15, 0.2) is 0 Å². The van der Waals surface area contributed by atoms with E-state index in [1.807, 2.05) is 42.5 Å². The Balaban J connectivity index is 1.81. The summed E-state index contributed by atoms with van der Waals surface area (Å²) in [6.45, 7) is 0. The first-order chi connectivity index (χ1) is 9.29. The van der Waals surface area contributed by atoms with Crippen molar-refractivity contribution in [1.82, 2.24) is 0 Å². The van der Waals surface area contributed by atoms with Gasteiger partial charge in [-0.25, -0.2) is 0 Å². The number of ether oxygens (including phenoxy) is 1. The molecule has 19 heavy (non-hydrogen) atoms. The van der Waals surface area contributed by atoms with Crippen molar-refractivity contribution in [3.05, 3.63) is 65.7 Å². The van der Waals surface area contributed by atoms with Crippen molar-refractivity contribution >= 4 is 20.7 Å². The quantitative estimate of drug-likeness (QED) is 0.604. The van der Waals surface area contributed by atoms with Crippen molar-refractivity contribution in [1.29, 1.82) is 0 Å². The molecule has 2 aromatic carbocycles. The zero-order valence-corrected chi connectivity index (χ0v) is 12.5. The number of carbonyl (C=O) groups is 1. The Hall–Kier alpha value is -1.57. The molecule has 0 radical (unpaired) electrons. The van der Waals surface area contributed by atoms with Crippen LogP contribution in [0.5, 0.6) is 5.75 Å². The molecular weight excluding hydrogens is 303 g/mol. The van der Waals surface area contributed by atoms with Gasteiger partial charge in [-0.2, -0.15) is 0 Å². The summed E-state index contributed by atoms with van der Waals surface area (Å²) in [7, 11) is 1.66. The second kappa shape index (κ2) is 7.13. The van der Waals surface area contributed by atoms with Gasteiger partial charge >= 0.3 is 119 Å². The minimum absolute atomic E-state index is 0.245. The Kier molecular flexibility index (Phi) is 5.19. The molecule has 3 heteroatoms. The third-order valence-electron chi connectivity index (χ3n) is 2.76. The van der Waals surface area contributed by atoms with Gasteiger partial charge in [-0.05, 0) is 0 Å². The van der Waals surface area contributed by atoms with Crippen molar-refractivity contribution in [3.63, 3.8) is 0 Å². The number of hydrogen-bond acceptors (Lipinski definition) is 2. The Labute approximate surface area is 120 Å². The van der Waals surface area contributed by atoms with Crippen molar-refractivity contribution in [2.24, 2.45) is 0 Å². The number of benzene rings is 2. The molecule has 0 unspecified atom stereocenters. The van der Waals surface area contributed by atoms with Crippen molar-refractivity contribution in [2.45, 2.75) is 10.6 Å². The normalized spacial score (nSPS) is 10.2. The molecule has 0 bridgehead atoms. The molecule has 0 aliphatic heterocycles. The third kappa shape index (κ3) is 4.23. The van der Waals surface area contributed by atoms with E-state index >= 15 is 0 Å². The average molecular weight is 319 g/mol. The summed E-state index contributed by atoms with van der Waals surface area (Å²) in [6, 6.07) is 17.6. The molecule has 2 nitrogen and oxygen atoms in total. The Morgan fingerprint density at radius 1 is 1.05 bits per heavy atom. The van der Waals surface area contributed by atoms with Crippen LogP contribution in [0.25, 0.3) is 0 Å². The monoisotopic (exact) mass is 320 g/mol. The molecule has 0 fully saturated rings. The van der Waals surface area contributed by atoms with Gasteiger partial charge in [0.2, 0.25) is 0 Å². The topological polar surface area (TPSA) is 26.3 Å². The second-order valence-electron chi connectivity index (χ2n) is 4.13. The summed E-state index contributed by atoms with van der Waals surface area (Å²) in [5.41, 5.74) is 2.08. The zero-order chi connectivity index (χ0) is 13.5. The second-order valence-corrected chi connectivity index (χ2v) is 6.20. The molecule has 2 aromatic rings. The van der Waals surface area contributed by atoms with Crippen LogP contribution in [-0.2, 0) is 5.32 Å². The van der Waals surface area contributed by atoms with Gasteiger partial charge < -0.3 is 0 Å². The van der Waals surface area contributed by atoms with Crippen LogP contribution in [0.3, 0.4) is 0 Å². The Morgan fingerprint density at radius 3 is 2.37 bits per heavy atom. The molecular formula is C16H16O2Se. The SMILES string of the molecule is COc1ccc(C[Se]CC(=O)c2ccccc2)cc1. The van der Waals surface area contributed by atoms with Gasteiger partial charge in [0.25, 0.3) is 0 Å². The number of rotatable bonds is 6. The first kappa shape index (κ1) is 13.9. The van der Waals surface area contributed by atoms with E-state index in [2.05, 4.69) is 12.1 Å². The predicted molar refractivity (Wildman–Crippen MR) is 78.0 cm³/mol. The van der Waals surface area contributed by atoms with Crippen molar-refractivity contribution < 1.29 is 9.53 Å². The van der Waals surface area contributed by atoms with Crippen LogP contribution in [0.4, 0.5) is 0 Å². The van der Waals surface area contributed by atoms with Gasteiger partial charge in [-0.1, -0.05) is 0 Å². The van der Waals surface area contributed by atoms with Crippen LogP contribution in [0.15, 0.2) is 54.6 Å². The minimum atomic E-state index is 0.245. The van der Waals surface area contributed by atoms with E-state index in [9.17, 15) is 4.79 Å². The van der Waals surface area contributed by atoms with Crippen molar-refractivity contribution in [2.75, 3.05) is 7.11 Å². The third-order valence-corrected chi connectivity index (χ3v) is 4.86. The van der Waals surface area contributed by atoms with E-state index in [4.69, 9.17) is 4.74 Å². The van der Waals surface area contributed by atoms with Crippen LogP contribution in [0.1, 0.15) is 15.9 Å². The average Bonchev–Trinajstić information content (AvgIpc) is 2.49. The Morgan fingerprint density at radius 2 is 1.74 bits per heavy atom. The summed E-state index contributed by atoms with van der Waals surface area (Å²) in [5, 5.41) is 1.64. The first-order valence-corrected chi connectivity index (χ1v) is 8.51. The van der Waals surface area contributed by atoms with Crippen LogP contribution in [-0.4, -0.2) is 27.8 Å². The van der Waals surface area contributed by atoms with E-state index in [0.29, 0.717) is 20.3 Å². The molecule has 0 aliphatic rings. The first-order valence-electron chi connectivity index (χ1n) is 6.08. The van der Waals surface area contributed by atoms with Crippen LogP contribution in [0.2, 0.25) is 5.32 Å². The molecule has 0 saturated carbocycles. The van der Waals surface area contributed by atoms with E-state index < -0.39 is 0 Å².